The van der Waals surface area contributed by atoms with E-state index in [1.165, 1.54) is 61.7 Å². The summed E-state index contributed by atoms with van der Waals surface area (Å²) in [5.41, 5.74) is 1.88. The maximum atomic E-state index is 14.8. The van der Waals surface area contributed by atoms with Crippen LogP contribution in [0.4, 0.5) is 26.3 Å². The van der Waals surface area contributed by atoms with Gasteiger partial charge >= 0.3 is 6.18 Å². The van der Waals surface area contributed by atoms with E-state index >= 15 is 0 Å². The molecule has 0 saturated heterocycles. The Labute approximate surface area is 194 Å². The Morgan fingerprint density at radius 2 is 1.41 bits per heavy atom. The fraction of sp³-hybridized carbons (Fsp3) is 0.259. The highest BCUT2D eigenvalue weighted by Crippen LogP contribution is 2.34. The molecule has 0 aliphatic carbocycles. The van der Waals surface area contributed by atoms with Crippen LogP contribution in [0.15, 0.2) is 66.7 Å². The van der Waals surface area contributed by atoms with Crippen LogP contribution in [0.3, 0.4) is 0 Å². The van der Waals surface area contributed by atoms with E-state index in [0.717, 1.165) is 5.56 Å². The van der Waals surface area contributed by atoms with Gasteiger partial charge in [-0.1, -0.05) is 60.7 Å². The molecule has 3 aromatic carbocycles. The zero-order valence-corrected chi connectivity index (χ0v) is 18.7. The van der Waals surface area contributed by atoms with E-state index in [4.69, 9.17) is 4.74 Å². The molecule has 34 heavy (non-hydrogen) atoms. The van der Waals surface area contributed by atoms with Gasteiger partial charge in [-0.3, -0.25) is 0 Å². The Kier molecular flexibility index (Phi) is 8.20. The van der Waals surface area contributed by atoms with Crippen molar-refractivity contribution in [3.05, 3.63) is 94.8 Å². The molecule has 3 rings (SSSR count). The normalized spacial score (nSPS) is 13.5. The fourth-order valence-electron chi connectivity index (χ4n) is 3.62. The average molecular weight is 478 g/mol. The standard InChI is InChI=1S/C27H24F6O/c1-17-3-12-23(24(28)15-17)19-8-10-21(11-9-19)26(30)25(29)20-6-4-18(5-7-20)16-22(13-14-34-2)27(31,32)33/h3-12,15,22H,13-14,16H2,1-2H3/b26-25-. The largest absolute Gasteiger partial charge is 0.392 e. The molecule has 0 aliphatic heterocycles. The molecule has 0 saturated carbocycles. The lowest BCUT2D eigenvalue weighted by Gasteiger charge is -2.20. The highest BCUT2D eigenvalue weighted by atomic mass is 19.4. The minimum Gasteiger partial charge on any atom is -0.385 e. The van der Waals surface area contributed by atoms with E-state index in [0.29, 0.717) is 16.7 Å². The minimum atomic E-state index is -4.39. The summed E-state index contributed by atoms with van der Waals surface area (Å²) < 4.78 is 88.1. The summed E-state index contributed by atoms with van der Waals surface area (Å²) in [7, 11) is 1.33. The lowest BCUT2D eigenvalue weighted by Crippen LogP contribution is -2.26. The number of methoxy groups -OCH3 is 1. The van der Waals surface area contributed by atoms with E-state index in [1.54, 1.807) is 19.1 Å². The van der Waals surface area contributed by atoms with Gasteiger partial charge in [-0.2, -0.15) is 13.2 Å². The smallest absolute Gasteiger partial charge is 0.385 e. The molecule has 180 valence electrons. The van der Waals surface area contributed by atoms with Gasteiger partial charge in [0.2, 0.25) is 0 Å². The first-order valence-corrected chi connectivity index (χ1v) is 10.7. The Morgan fingerprint density at radius 3 is 1.91 bits per heavy atom. The number of hydrogen-bond donors (Lipinski definition) is 0. The van der Waals surface area contributed by atoms with Crippen LogP contribution in [0.25, 0.3) is 22.8 Å². The zero-order chi connectivity index (χ0) is 24.9. The summed E-state index contributed by atoms with van der Waals surface area (Å²) in [6.45, 7) is 1.74. The summed E-state index contributed by atoms with van der Waals surface area (Å²) in [5.74, 6) is -4.25. The van der Waals surface area contributed by atoms with Gasteiger partial charge in [-0.15, -0.1) is 0 Å². The molecule has 0 fully saturated rings. The SMILES string of the molecule is COCCC(Cc1ccc(/C(F)=C(/F)c2ccc(-c3ccc(C)cc3F)cc2)cc1)C(F)(F)F. The van der Waals surface area contributed by atoms with Crippen molar-refractivity contribution in [2.24, 2.45) is 5.92 Å². The van der Waals surface area contributed by atoms with Crippen LogP contribution in [-0.2, 0) is 11.2 Å². The van der Waals surface area contributed by atoms with Crippen LogP contribution in [0.5, 0.6) is 0 Å². The lowest BCUT2D eigenvalue weighted by atomic mass is 9.95. The summed E-state index contributed by atoms with van der Waals surface area (Å²) in [5, 5.41) is 0. The molecule has 0 spiro atoms. The average Bonchev–Trinajstić information content (AvgIpc) is 2.80. The highest BCUT2D eigenvalue weighted by molar-refractivity contribution is 5.83. The van der Waals surface area contributed by atoms with E-state index < -0.39 is 29.6 Å². The predicted molar refractivity (Wildman–Crippen MR) is 122 cm³/mol. The van der Waals surface area contributed by atoms with Gasteiger partial charge < -0.3 is 4.74 Å². The third-order valence-corrected chi connectivity index (χ3v) is 5.59. The predicted octanol–water partition coefficient (Wildman–Crippen LogP) is 8.32. The number of hydrogen-bond acceptors (Lipinski definition) is 1. The van der Waals surface area contributed by atoms with Crippen molar-refractivity contribution in [3.8, 4) is 11.1 Å². The number of halogens is 6. The van der Waals surface area contributed by atoms with Crippen LogP contribution in [0.1, 0.15) is 28.7 Å². The maximum absolute atomic E-state index is 14.8. The zero-order valence-electron chi connectivity index (χ0n) is 18.7. The van der Waals surface area contributed by atoms with Crippen molar-refractivity contribution in [2.45, 2.75) is 25.9 Å². The van der Waals surface area contributed by atoms with Crippen LogP contribution in [0.2, 0.25) is 0 Å². The van der Waals surface area contributed by atoms with Crippen molar-refractivity contribution >= 4 is 11.7 Å². The Hall–Kier alpha value is -3.06. The molecule has 0 aliphatic rings. The fourth-order valence-corrected chi connectivity index (χ4v) is 3.62. The molecular weight excluding hydrogens is 454 g/mol. The van der Waals surface area contributed by atoms with Gasteiger partial charge in [0.15, 0.2) is 11.7 Å². The first-order chi connectivity index (χ1) is 16.1. The summed E-state index contributed by atoms with van der Waals surface area (Å²) in [6.07, 6.45) is -4.85. The Morgan fingerprint density at radius 1 is 0.853 bits per heavy atom. The summed E-state index contributed by atoms with van der Waals surface area (Å²) in [6, 6.07) is 15.7. The maximum Gasteiger partial charge on any atom is 0.392 e. The first-order valence-electron chi connectivity index (χ1n) is 10.7. The molecule has 0 N–H and O–H groups in total. The van der Waals surface area contributed by atoms with Gasteiger partial charge in [-0.05, 0) is 42.5 Å². The number of aryl methyl sites for hydroxylation is 1. The van der Waals surface area contributed by atoms with Gasteiger partial charge in [0.1, 0.15) is 5.82 Å². The summed E-state index contributed by atoms with van der Waals surface area (Å²) in [4.78, 5) is 0. The van der Waals surface area contributed by atoms with Crippen LogP contribution in [-0.4, -0.2) is 19.9 Å². The molecular formula is C27H24F6O. The second kappa shape index (κ2) is 10.9. The van der Waals surface area contributed by atoms with E-state index in [1.807, 2.05) is 0 Å². The molecule has 1 unspecified atom stereocenters. The Balaban J connectivity index is 1.78. The number of ether oxygens (including phenoxy) is 1. The molecule has 0 bridgehead atoms. The van der Waals surface area contributed by atoms with E-state index in [9.17, 15) is 26.3 Å². The monoisotopic (exact) mass is 478 g/mol. The number of benzene rings is 3. The third-order valence-electron chi connectivity index (χ3n) is 5.59. The van der Waals surface area contributed by atoms with Crippen molar-refractivity contribution < 1.29 is 31.1 Å². The topological polar surface area (TPSA) is 9.23 Å². The van der Waals surface area contributed by atoms with Crippen molar-refractivity contribution in [1.29, 1.82) is 0 Å². The van der Waals surface area contributed by atoms with E-state index in [-0.39, 0.29) is 30.6 Å². The molecule has 0 amide bonds. The molecule has 0 aromatic heterocycles. The quantitative estimate of drug-likeness (QED) is 0.234. The van der Waals surface area contributed by atoms with Gasteiger partial charge in [0.05, 0.1) is 5.92 Å². The number of rotatable bonds is 8. The van der Waals surface area contributed by atoms with Gasteiger partial charge in [-0.25, -0.2) is 13.2 Å². The van der Waals surface area contributed by atoms with Crippen molar-refractivity contribution in [1.82, 2.24) is 0 Å². The second-order valence-electron chi connectivity index (χ2n) is 8.11. The van der Waals surface area contributed by atoms with Crippen LogP contribution >= 0.6 is 0 Å². The van der Waals surface area contributed by atoms with Crippen LogP contribution < -0.4 is 0 Å². The highest BCUT2D eigenvalue weighted by Gasteiger charge is 2.38. The molecule has 0 heterocycles. The summed E-state index contributed by atoms with van der Waals surface area (Å²) >= 11 is 0. The first kappa shape index (κ1) is 25.6. The van der Waals surface area contributed by atoms with Crippen molar-refractivity contribution in [2.75, 3.05) is 13.7 Å². The van der Waals surface area contributed by atoms with Gasteiger partial charge in [0.25, 0.3) is 0 Å². The molecule has 1 nitrogen and oxygen atoms in total. The van der Waals surface area contributed by atoms with Crippen molar-refractivity contribution in [3.63, 3.8) is 0 Å². The minimum absolute atomic E-state index is 0.0276. The molecule has 1 atom stereocenters. The molecule has 3 aromatic rings. The van der Waals surface area contributed by atoms with Gasteiger partial charge in [0, 0.05) is 30.4 Å². The Bertz CT molecular complexity index is 1130. The second-order valence-corrected chi connectivity index (χ2v) is 8.11. The number of alkyl halides is 3. The molecule has 7 heteroatoms. The third kappa shape index (κ3) is 6.29. The lowest BCUT2D eigenvalue weighted by molar-refractivity contribution is -0.178. The van der Waals surface area contributed by atoms with E-state index in [2.05, 4.69) is 0 Å². The molecule has 0 radical (unpaired) electrons. The van der Waals surface area contributed by atoms with Crippen LogP contribution in [0, 0.1) is 18.7 Å².